The lowest BCUT2D eigenvalue weighted by molar-refractivity contribution is -0.147. The van der Waals surface area contributed by atoms with Crippen molar-refractivity contribution < 1.29 is 19.1 Å². The highest BCUT2D eigenvalue weighted by molar-refractivity contribution is 5.90. The van der Waals surface area contributed by atoms with Crippen molar-refractivity contribution in [2.24, 2.45) is 0 Å². The number of allylic oxidation sites excluding steroid dienone is 1. The van der Waals surface area contributed by atoms with E-state index in [0.29, 0.717) is 6.42 Å². The molecule has 0 aromatic carbocycles. The summed E-state index contributed by atoms with van der Waals surface area (Å²) in [6.07, 6.45) is 2.55. The Bertz CT molecular complexity index is 341. The molecule has 0 amide bonds. The van der Waals surface area contributed by atoms with Crippen LogP contribution >= 0.6 is 0 Å². The van der Waals surface area contributed by atoms with Gasteiger partial charge in [-0.15, -0.1) is 0 Å². The fourth-order valence-corrected chi connectivity index (χ4v) is 1.34. The summed E-state index contributed by atoms with van der Waals surface area (Å²) in [6, 6.07) is 1.76. The van der Waals surface area contributed by atoms with Crippen LogP contribution in [-0.2, 0) is 19.1 Å². The van der Waals surface area contributed by atoms with Gasteiger partial charge in [0.25, 0.3) is 0 Å². The fourth-order valence-electron chi connectivity index (χ4n) is 1.34. The highest BCUT2D eigenvalue weighted by Gasteiger charge is 2.24. The second-order valence-electron chi connectivity index (χ2n) is 3.46. The highest BCUT2D eigenvalue weighted by Crippen LogP contribution is 2.16. The molecule has 0 N–H and O–H groups in total. The van der Waals surface area contributed by atoms with Crippen molar-refractivity contribution in [2.75, 3.05) is 7.11 Å². The Morgan fingerprint density at radius 3 is 2.53 bits per heavy atom. The quantitative estimate of drug-likeness (QED) is 0.401. The van der Waals surface area contributed by atoms with E-state index < -0.39 is 18.0 Å². The zero-order valence-electron chi connectivity index (χ0n) is 10.4. The summed E-state index contributed by atoms with van der Waals surface area (Å²) in [5, 5.41) is 8.61. The van der Waals surface area contributed by atoms with Crippen LogP contribution in [0.5, 0.6) is 0 Å². The average Bonchev–Trinajstić information content (AvgIpc) is 2.30. The van der Waals surface area contributed by atoms with Gasteiger partial charge < -0.3 is 9.47 Å². The van der Waals surface area contributed by atoms with Crippen molar-refractivity contribution in [3.05, 3.63) is 11.6 Å². The first kappa shape index (κ1) is 15.2. The first-order valence-electron chi connectivity index (χ1n) is 5.42. The highest BCUT2D eigenvalue weighted by atomic mass is 16.6. The average molecular weight is 239 g/mol. The number of nitriles is 1. The van der Waals surface area contributed by atoms with E-state index in [2.05, 4.69) is 4.74 Å². The number of ether oxygens (including phenoxy) is 2. The van der Waals surface area contributed by atoms with Gasteiger partial charge in [-0.1, -0.05) is 13.3 Å². The zero-order chi connectivity index (χ0) is 13.3. The molecule has 17 heavy (non-hydrogen) atoms. The van der Waals surface area contributed by atoms with Crippen LogP contribution in [0, 0.1) is 11.3 Å². The molecule has 0 aliphatic rings. The largest absolute Gasteiger partial charge is 0.466 e. The Morgan fingerprint density at radius 1 is 1.47 bits per heavy atom. The third-order valence-electron chi connectivity index (χ3n) is 2.12. The van der Waals surface area contributed by atoms with E-state index in [1.807, 2.05) is 6.92 Å². The van der Waals surface area contributed by atoms with Gasteiger partial charge in [-0.2, -0.15) is 5.26 Å². The molecule has 0 aromatic rings. The molecule has 0 unspecified atom stereocenters. The van der Waals surface area contributed by atoms with E-state index in [1.54, 1.807) is 6.07 Å². The van der Waals surface area contributed by atoms with Crippen LogP contribution in [0.3, 0.4) is 0 Å². The van der Waals surface area contributed by atoms with Crippen LogP contribution in [0.4, 0.5) is 0 Å². The molecular formula is C12H17NO4. The molecule has 0 bridgehead atoms. The number of unbranched alkanes of at least 4 members (excludes halogenated alkanes) is 1. The van der Waals surface area contributed by atoms with Gasteiger partial charge in [0.15, 0.2) is 0 Å². The lowest BCUT2D eigenvalue weighted by Crippen LogP contribution is -2.24. The van der Waals surface area contributed by atoms with Gasteiger partial charge in [-0.05, 0) is 12.8 Å². The van der Waals surface area contributed by atoms with Crippen molar-refractivity contribution in [1.29, 1.82) is 5.26 Å². The Morgan fingerprint density at radius 2 is 2.12 bits per heavy atom. The molecule has 0 radical (unpaired) electrons. The Kier molecular flexibility index (Phi) is 7.44. The number of hydrogen-bond donors (Lipinski definition) is 0. The number of nitrogens with zero attached hydrogens (tertiary/aromatic N) is 1. The summed E-state index contributed by atoms with van der Waals surface area (Å²) in [6.45, 7) is 3.25. The molecule has 0 fully saturated rings. The van der Waals surface area contributed by atoms with E-state index in [4.69, 9.17) is 10.00 Å². The second-order valence-corrected chi connectivity index (χ2v) is 3.46. The number of hydrogen-bond acceptors (Lipinski definition) is 5. The second kappa shape index (κ2) is 8.34. The molecule has 0 saturated heterocycles. The summed E-state index contributed by atoms with van der Waals surface area (Å²) in [5.74, 6) is -1.13. The number of carbonyl (C=O) groups is 2. The molecule has 0 spiro atoms. The predicted molar refractivity (Wildman–Crippen MR) is 60.8 cm³/mol. The Labute approximate surface area is 101 Å². The van der Waals surface area contributed by atoms with Gasteiger partial charge in [-0.3, -0.25) is 4.79 Å². The number of esters is 2. The summed E-state index contributed by atoms with van der Waals surface area (Å²) >= 11 is 0. The summed E-state index contributed by atoms with van der Waals surface area (Å²) in [4.78, 5) is 22.4. The van der Waals surface area contributed by atoms with Crippen molar-refractivity contribution >= 4 is 11.9 Å². The fraction of sp³-hybridized carbons (Fsp3) is 0.583. The Balaban J connectivity index is 4.94. The normalized spacial score (nSPS) is 12.5. The molecule has 0 aromatic heterocycles. The lowest BCUT2D eigenvalue weighted by atomic mass is 10.0. The van der Waals surface area contributed by atoms with E-state index in [9.17, 15) is 9.59 Å². The van der Waals surface area contributed by atoms with Gasteiger partial charge in [0, 0.05) is 13.0 Å². The number of rotatable bonds is 6. The van der Waals surface area contributed by atoms with Crippen LogP contribution in [0.15, 0.2) is 11.6 Å². The first-order valence-corrected chi connectivity index (χ1v) is 5.42. The van der Waals surface area contributed by atoms with E-state index in [-0.39, 0.29) is 5.57 Å². The maximum absolute atomic E-state index is 11.5. The molecule has 94 valence electrons. The van der Waals surface area contributed by atoms with Crippen LogP contribution in [-0.4, -0.2) is 25.2 Å². The van der Waals surface area contributed by atoms with Gasteiger partial charge in [0.05, 0.1) is 18.8 Å². The smallest absolute Gasteiger partial charge is 0.338 e. The molecule has 0 heterocycles. The maximum atomic E-state index is 11.5. The van der Waals surface area contributed by atoms with Gasteiger partial charge in [-0.25, -0.2) is 4.79 Å². The minimum atomic E-state index is -0.709. The SMILES string of the molecule is CCCC[C@@H](OC(C)=O)/C(=C/C#N)C(=O)OC. The van der Waals surface area contributed by atoms with Crippen molar-refractivity contribution in [1.82, 2.24) is 0 Å². The third kappa shape index (κ3) is 5.71. The molecule has 0 saturated carbocycles. The third-order valence-corrected chi connectivity index (χ3v) is 2.12. The molecule has 5 nitrogen and oxygen atoms in total. The molecule has 0 aliphatic heterocycles. The Hall–Kier alpha value is -1.83. The van der Waals surface area contributed by atoms with Crippen LogP contribution < -0.4 is 0 Å². The predicted octanol–water partition coefficient (Wildman–Crippen LogP) is 1.73. The standard InChI is InChI=1S/C12H17NO4/c1-4-5-6-11(17-9(2)14)10(7-8-13)12(15)16-3/h7,11H,4-6H2,1-3H3/b10-7-/t11-/m1/s1. The van der Waals surface area contributed by atoms with Gasteiger partial charge in [0.2, 0.25) is 0 Å². The van der Waals surface area contributed by atoms with Crippen molar-refractivity contribution in [2.45, 2.75) is 39.2 Å². The summed E-state index contributed by atoms with van der Waals surface area (Å²) in [5.41, 5.74) is 0.0821. The number of methoxy groups -OCH3 is 1. The maximum Gasteiger partial charge on any atom is 0.338 e. The molecule has 0 rings (SSSR count). The topological polar surface area (TPSA) is 76.4 Å². The minimum absolute atomic E-state index is 0.0821. The molecular weight excluding hydrogens is 222 g/mol. The summed E-state index contributed by atoms with van der Waals surface area (Å²) < 4.78 is 9.59. The minimum Gasteiger partial charge on any atom is -0.466 e. The number of carbonyl (C=O) groups excluding carboxylic acids is 2. The zero-order valence-corrected chi connectivity index (χ0v) is 10.4. The summed E-state index contributed by atoms with van der Waals surface area (Å²) in [7, 11) is 1.22. The monoisotopic (exact) mass is 239 g/mol. The molecule has 0 aliphatic carbocycles. The molecule has 1 atom stereocenters. The first-order chi connectivity index (χ1) is 8.06. The van der Waals surface area contributed by atoms with Crippen molar-refractivity contribution in [3.8, 4) is 6.07 Å². The van der Waals surface area contributed by atoms with E-state index >= 15 is 0 Å². The van der Waals surface area contributed by atoms with E-state index in [1.165, 1.54) is 14.0 Å². The lowest BCUT2D eigenvalue weighted by Gasteiger charge is -2.17. The molecule has 5 heteroatoms. The van der Waals surface area contributed by atoms with Crippen LogP contribution in [0.25, 0.3) is 0 Å². The van der Waals surface area contributed by atoms with Gasteiger partial charge >= 0.3 is 11.9 Å². The van der Waals surface area contributed by atoms with Crippen LogP contribution in [0.1, 0.15) is 33.1 Å². The van der Waals surface area contributed by atoms with Crippen molar-refractivity contribution in [3.63, 3.8) is 0 Å². The van der Waals surface area contributed by atoms with Gasteiger partial charge in [0.1, 0.15) is 6.10 Å². The van der Waals surface area contributed by atoms with E-state index in [0.717, 1.165) is 18.9 Å². The van der Waals surface area contributed by atoms with Crippen LogP contribution in [0.2, 0.25) is 0 Å².